The average molecular weight is 375 g/mol. The average Bonchev–Trinajstić information content (AvgIpc) is 2.73. The number of amides is 2. The lowest BCUT2D eigenvalue weighted by molar-refractivity contribution is -0.111. The summed E-state index contributed by atoms with van der Waals surface area (Å²) in [5, 5.41) is 5.60. The summed E-state index contributed by atoms with van der Waals surface area (Å²) >= 11 is 0. The minimum absolute atomic E-state index is 0.245. The van der Waals surface area contributed by atoms with Gasteiger partial charge in [-0.15, -0.1) is 0 Å². The molecule has 1 heterocycles. The van der Waals surface area contributed by atoms with Crippen LogP contribution in [0.15, 0.2) is 79.1 Å². The summed E-state index contributed by atoms with van der Waals surface area (Å²) in [5.74, 6) is -0.898. The molecule has 0 spiro atoms. The van der Waals surface area contributed by atoms with Crippen LogP contribution in [-0.4, -0.2) is 16.8 Å². The molecule has 1 aromatic heterocycles. The smallest absolute Gasteiger partial charge is 0.253 e. The molecule has 5 nitrogen and oxygen atoms in total. The van der Waals surface area contributed by atoms with Gasteiger partial charge in [0.15, 0.2) is 0 Å². The Morgan fingerprint density at radius 1 is 1.00 bits per heavy atom. The van der Waals surface area contributed by atoms with Crippen LogP contribution in [0.25, 0.3) is 6.08 Å². The van der Waals surface area contributed by atoms with Gasteiger partial charge in [-0.3, -0.25) is 14.6 Å². The molecule has 0 radical (unpaired) electrons. The SMILES string of the molecule is O=C(/C=C/c1ccc(F)cc1)Nc1ccccc1CNC(=O)c1cccnc1. The summed E-state index contributed by atoms with van der Waals surface area (Å²) < 4.78 is 12.9. The Kier molecular flexibility index (Phi) is 6.25. The van der Waals surface area contributed by atoms with E-state index in [1.165, 1.54) is 24.4 Å². The number of hydrogen-bond acceptors (Lipinski definition) is 3. The lowest BCUT2D eigenvalue weighted by atomic mass is 10.1. The third kappa shape index (κ3) is 5.35. The van der Waals surface area contributed by atoms with E-state index in [1.807, 2.05) is 12.1 Å². The standard InChI is InChI=1S/C22H18FN3O2/c23-19-10-7-16(8-11-19)9-12-21(27)26-20-6-2-1-4-17(20)15-25-22(28)18-5-3-13-24-14-18/h1-14H,15H2,(H,25,28)(H,26,27)/b12-9+. The molecule has 0 aliphatic rings. The molecular weight excluding hydrogens is 357 g/mol. The predicted octanol–water partition coefficient (Wildman–Crippen LogP) is 3.80. The maximum Gasteiger partial charge on any atom is 0.253 e. The van der Waals surface area contributed by atoms with Crippen LogP contribution in [0.1, 0.15) is 21.5 Å². The maximum atomic E-state index is 12.9. The first-order valence-corrected chi connectivity index (χ1v) is 8.62. The molecule has 0 saturated heterocycles. The number of rotatable bonds is 6. The third-order valence-corrected chi connectivity index (χ3v) is 3.94. The summed E-state index contributed by atoms with van der Waals surface area (Å²) in [4.78, 5) is 28.3. The highest BCUT2D eigenvalue weighted by Gasteiger charge is 2.08. The third-order valence-electron chi connectivity index (χ3n) is 3.94. The zero-order valence-corrected chi connectivity index (χ0v) is 14.9. The fraction of sp³-hybridized carbons (Fsp3) is 0.0455. The molecule has 0 aliphatic heterocycles. The van der Waals surface area contributed by atoms with Crippen LogP contribution in [0.4, 0.5) is 10.1 Å². The Morgan fingerprint density at radius 3 is 2.54 bits per heavy atom. The van der Waals surface area contributed by atoms with Crippen molar-refractivity contribution in [3.8, 4) is 0 Å². The number of halogens is 1. The first kappa shape index (κ1) is 19.0. The van der Waals surface area contributed by atoms with Gasteiger partial charge >= 0.3 is 0 Å². The molecule has 0 bridgehead atoms. The minimum Gasteiger partial charge on any atom is -0.348 e. The highest BCUT2D eigenvalue weighted by molar-refractivity contribution is 6.02. The highest BCUT2D eigenvalue weighted by atomic mass is 19.1. The summed E-state index contributed by atoms with van der Waals surface area (Å²) in [5.41, 5.74) is 2.55. The molecule has 2 N–H and O–H groups in total. The van der Waals surface area contributed by atoms with Crippen LogP contribution in [0, 0.1) is 5.82 Å². The monoisotopic (exact) mass is 375 g/mol. The van der Waals surface area contributed by atoms with Gasteiger partial charge in [0.1, 0.15) is 5.82 Å². The lowest BCUT2D eigenvalue weighted by Crippen LogP contribution is -2.23. The first-order valence-electron chi connectivity index (χ1n) is 8.62. The number of hydrogen-bond donors (Lipinski definition) is 2. The van der Waals surface area contributed by atoms with Crippen molar-refractivity contribution in [1.29, 1.82) is 0 Å². The molecule has 140 valence electrons. The van der Waals surface area contributed by atoms with Crippen LogP contribution < -0.4 is 10.6 Å². The highest BCUT2D eigenvalue weighted by Crippen LogP contribution is 2.15. The van der Waals surface area contributed by atoms with Crippen molar-refractivity contribution < 1.29 is 14.0 Å². The molecule has 3 rings (SSSR count). The lowest BCUT2D eigenvalue weighted by Gasteiger charge is -2.11. The predicted molar refractivity (Wildman–Crippen MR) is 106 cm³/mol. The van der Waals surface area contributed by atoms with Crippen molar-refractivity contribution in [2.45, 2.75) is 6.54 Å². The number of para-hydroxylation sites is 1. The number of carbonyl (C=O) groups is 2. The van der Waals surface area contributed by atoms with Crippen molar-refractivity contribution in [2.75, 3.05) is 5.32 Å². The van der Waals surface area contributed by atoms with Crippen LogP contribution in [-0.2, 0) is 11.3 Å². The Hall–Kier alpha value is -3.80. The molecule has 0 fully saturated rings. The van der Waals surface area contributed by atoms with E-state index in [4.69, 9.17) is 0 Å². The second-order valence-corrected chi connectivity index (χ2v) is 5.96. The molecule has 28 heavy (non-hydrogen) atoms. The van der Waals surface area contributed by atoms with Crippen LogP contribution in [0.3, 0.4) is 0 Å². The Bertz CT molecular complexity index is 986. The van der Waals surface area contributed by atoms with Crippen molar-refractivity contribution in [3.05, 3.63) is 102 Å². The van der Waals surface area contributed by atoms with Crippen molar-refractivity contribution in [2.24, 2.45) is 0 Å². The van der Waals surface area contributed by atoms with Gasteiger partial charge in [-0.25, -0.2) is 4.39 Å². The van der Waals surface area contributed by atoms with Crippen molar-refractivity contribution in [1.82, 2.24) is 10.3 Å². The fourth-order valence-corrected chi connectivity index (χ4v) is 2.49. The Morgan fingerprint density at radius 2 is 1.79 bits per heavy atom. The molecule has 0 unspecified atom stereocenters. The summed E-state index contributed by atoms with van der Waals surface area (Å²) in [6, 6.07) is 16.4. The molecule has 6 heteroatoms. The molecule has 0 aliphatic carbocycles. The quantitative estimate of drug-likeness (QED) is 0.644. The Labute approximate surface area is 161 Å². The van der Waals surface area contributed by atoms with Gasteiger partial charge in [-0.05, 0) is 47.5 Å². The summed E-state index contributed by atoms with van der Waals surface area (Å²) in [6.45, 7) is 0.256. The van der Waals surface area contributed by atoms with Crippen LogP contribution >= 0.6 is 0 Å². The molecule has 0 saturated carbocycles. The Balaban J connectivity index is 1.62. The van der Waals surface area contributed by atoms with Crippen molar-refractivity contribution >= 4 is 23.6 Å². The van der Waals surface area contributed by atoms with E-state index in [0.717, 1.165) is 5.56 Å². The largest absolute Gasteiger partial charge is 0.348 e. The number of nitrogens with one attached hydrogen (secondary N) is 2. The number of carbonyl (C=O) groups excluding carboxylic acids is 2. The second kappa shape index (κ2) is 9.23. The molecule has 2 aromatic carbocycles. The first-order chi connectivity index (χ1) is 13.6. The fourth-order valence-electron chi connectivity index (χ4n) is 2.49. The zero-order chi connectivity index (χ0) is 19.8. The van der Waals surface area contributed by atoms with E-state index >= 15 is 0 Å². The van der Waals surface area contributed by atoms with E-state index in [-0.39, 0.29) is 24.2 Å². The van der Waals surface area contributed by atoms with Gasteiger partial charge in [-0.1, -0.05) is 30.3 Å². The van der Waals surface area contributed by atoms with Gasteiger partial charge in [0.05, 0.1) is 5.56 Å². The van der Waals surface area contributed by atoms with E-state index in [9.17, 15) is 14.0 Å². The van der Waals surface area contributed by atoms with Gasteiger partial charge < -0.3 is 10.6 Å². The van der Waals surface area contributed by atoms with E-state index in [1.54, 1.807) is 48.7 Å². The summed E-state index contributed by atoms with van der Waals surface area (Å²) in [7, 11) is 0. The number of anilines is 1. The van der Waals surface area contributed by atoms with E-state index in [2.05, 4.69) is 15.6 Å². The topological polar surface area (TPSA) is 71.1 Å². The normalized spacial score (nSPS) is 10.6. The van der Waals surface area contributed by atoms with Crippen molar-refractivity contribution in [3.63, 3.8) is 0 Å². The van der Waals surface area contributed by atoms with Gasteiger partial charge in [0.2, 0.25) is 5.91 Å². The summed E-state index contributed by atoms with van der Waals surface area (Å²) in [6.07, 6.45) is 6.06. The number of nitrogens with zero attached hydrogens (tertiary/aromatic N) is 1. The molecular formula is C22H18FN3O2. The maximum absolute atomic E-state index is 12.9. The number of benzene rings is 2. The molecule has 2 amide bonds. The van der Waals surface area contributed by atoms with E-state index in [0.29, 0.717) is 16.8 Å². The second-order valence-electron chi connectivity index (χ2n) is 5.96. The van der Waals surface area contributed by atoms with E-state index < -0.39 is 0 Å². The molecule has 3 aromatic rings. The van der Waals surface area contributed by atoms with Gasteiger partial charge in [0, 0.05) is 30.7 Å². The minimum atomic E-state index is -0.330. The number of pyridine rings is 1. The molecule has 0 atom stereocenters. The van der Waals surface area contributed by atoms with Gasteiger partial charge in [-0.2, -0.15) is 0 Å². The van der Waals surface area contributed by atoms with Gasteiger partial charge in [0.25, 0.3) is 5.91 Å². The van der Waals surface area contributed by atoms with Crippen LogP contribution in [0.2, 0.25) is 0 Å². The zero-order valence-electron chi connectivity index (χ0n) is 14.9. The van der Waals surface area contributed by atoms with Crippen LogP contribution in [0.5, 0.6) is 0 Å². The number of aromatic nitrogens is 1.